The van der Waals surface area contributed by atoms with Gasteiger partial charge in [0, 0.05) is 30.3 Å². The molecule has 9 heteroatoms. The van der Waals surface area contributed by atoms with Crippen LogP contribution in [0.5, 0.6) is 11.5 Å². The molecule has 3 aromatic rings. The van der Waals surface area contributed by atoms with Gasteiger partial charge in [0.15, 0.2) is 0 Å². The van der Waals surface area contributed by atoms with Crippen LogP contribution in [0.4, 0.5) is 10.1 Å². The average Bonchev–Trinajstić information content (AvgIpc) is 3.27. The second-order valence-corrected chi connectivity index (χ2v) is 8.83. The molecule has 0 unspecified atom stereocenters. The lowest BCUT2D eigenvalue weighted by Crippen LogP contribution is -2.36. The summed E-state index contributed by atoms with van der Waals surface area (Å²) in [5.41, 5.74) is 1.86. The number of aromatic nitrogens is 1. The number of methoxy groups -OCH3 is 2. The van der Waals surface area contributed by atoms with E-state index in [-0.39, 0.29) is 11.5 Å². The molecule has 1 amide bonds. The van der Waals surface area contributed by atoms with Crippen LogP contribution in [0, 0.1) is 5.82 Å². The highest BCUT2D eigenvalue weighted by atomic mass is 32.1. The summed E-state index contributed by atoms with van der Waals surface area (Å²) < 4.78 is 27.0. The molecule has 1 aliphatic rings. The lowest BCUT2D eigenvalue weighted by Gasteiger charge is -2.10. The molecule has 0 radical (unpaired) electrons. The summed E-state index contributed by atoms with van der Waals surface area (Å²) >= 11 is 1.23. The first-order chi connectivity index (χ1) is 15.8. The minimum atomic E-state index is -0.438. The number of benzene rings is 2. The van der Waals surface area contributed by atoms with Crippen LogP contribution < -0.4 is 29.5 Å². The number of likely N-dealkylation sites (N-methyl/N-ethyl adjacent to an activating group) is 1. The molecule has 33 heavy (non-hydrogen) atoms. The third kappa shape index (κ3) is 4.42. The molecule has 0 bridgehead atoms. The van der Waals surface area contributed by atoms with Crippen molar-refractivity contribution in [1.82, 2.24) is 9.47 Å². The predicted molar refractivity (Wildman–Crippen MR) is 127 cm³/mol. The van der Waals surface area contributed by atoms with E-state index in [0.717, 1.165) is 0 Å². The number of amides is 1. The van der Waals surface area contributed by atoms with E-state index in [1.54, 1.807) is 43.1 Å². The fourth-order valence-electron chi connectivity index (χ4n) is 3.64. The summed E-state index contributed by atoms with van der Waals surface area (Å²) in [4.78, 5) is 28.2. The molecule has 1 N–H and O–H groups in total. The first-order valence-corrected chi connectivity index (χ1v) is 11.1. The maximum atomic E-state index is 13.7. The standard InChI is InChI=1S/C24H24FN3O4S/c1-27(2)9-10-28-23(30)20(11-14-5-7-16(31-3)13-19(14)32-4)33-24(28)21-17-8-6-15(25)12-18(17)26-22(21)29/h5-8,11-13H,9-10H2,1-4H3,(H,26,29)/b20-11?,24-21-. The number of fused-ring (bicyclic) bond motifs is 1. The van der Waals surface area contributed by atoms with E-state index in [2.05, 4.69) is 5.32 Å². The van der Waals surface area contributed by atoms with Gasteiger partial charge < -0.3 is 19.7 Å². The third-order valence-corrected chi connectivity index (χ3v) is 6.48. The van der Waals surface area contributed by atoms with Gasteiger partial charge in [-0.05, 0) is 50.5 Å². The van der Waals surface area contributed by atoms with Gasteiger partial charge in [0.1, 0.15) is 22.0 Å². The number of halogens is 1. The van der Waals surface area contributed by atoms with E-state index in [4.69, 9.17) is 9.47 Å². The van der Waals surface area contributed by atoms with Crippen molar-refractivity contribution in [3.8, 4) is 11.5 Å². The van der Waals surface area contributed by atoms with Crippen molar-refractivity contribution < 1.29 is 18.7 Å². The minimum Gasteiger partial charge on any atom is -0.497 e. The summed E-state index contributed by atoms with van der Waals surface area (Å²) in [6, 6.07) is 9.50. The summed E-state index contributed by atoms with van der Waals surface area (Å²) in [6.45, 7) is 1.01. The van der Waals surface area contributed by atoms with Gasteiger partial charge in [0.25, 0.3) is 11.5 Å². The third-order valence-electron chi connectivity index (χ3n) is 5.35. The van der Waals surface area contributed by atoms with Gasteiger partial charge in [0.05, 0.1) is 30.0 Å². The van der Waals surface area contributed by atoms with Gasteiger partial charge in [0.2, 0.25) is 0 Å². The Balaban J connectivity index is 1.98. The largest absolute Gasteiger partial charge is 0.497 e. The Morgan fingerprint density at radius 3 is 2.61 bits per heavy atom. The fourth-order valence-corrected chi connectivity index (χ4v) is 4.83. The molecule has 172 valence electrons. The highest BCUT2D eigenvalue weighted by Gasteiger charge is 2.27. The number of thiazole rings is 1. The van der Waals surface area contributed by atoms with Gasteiger partial charge in [-0.2, -0.15) is 0 Å². The lowest BCUT2D eigenvalue weighted by atomic mass is 10.1. The van der Waals surface area contributed by atoms with E-state index in [1.165, 1.54) is 23.5 Å². The average molecular weight is 470 g/mol. The Morgan fingerprint density at radius 2 is 1.91 bits per heavy atom. The van der Waals surface area contributed by atoms with Crippen molar-refractivity contribution in [2.75, 3.05) is 40.2 Å². The minimum absolute atomic E-state index is 0.203. The van der Waals surface area contributed by atoms with Crippen LogP contribution in [0.1, 0.15) is 11.1 Å². The van der Waals surface area contributed by atoms with Crippen molar-refractivity contribution in [2.45, 2.75) is 6.54 Å². The van der Waals surface area contributed by atoms with Crippen LogP contribution in [0.25, 0.3) is 11.6 Å². The van der Waals surface area contributed by atoms with Crippen LogP contribution in [0.2, 0.25) is 0 Å². The quantitative estimate of drug-likeness (QED) is 0.594. The molecule has 0 atom stereocenters. The number of carbonyl (C=O) groups is 1. The zero-order valence-corrected chi connectivity index (χ0v) is 19.6. The molecule has 0 saturated carbocycles. The van der Waals surface area contributed by atoms with Crippen LogP contribution >= 0.6 is 11.3 Å². The van der Waals surface area contributed by atoms with Gasteiger partial charge in [-0.3, -0.25) is 14.2 Å². The summed E-state index contributed by atoms with van der Waals surface area (Å²) in [6.07, 6.45) is 1.75. The summed E-state index contributed by atoms with van der Waals surface area (Å²) in [7, 11) is 6.95. The first kappa shape index (κ1) is 22.8. The molecule has 1 aliphatic heterocycles. The number of rotatable bonds is 6. The smallest absolute Gasteiger partial charge is 0.269 e. The number of anilines is 1. The number of nitrogens with zero attached hydrogens (tertiary/aromatic N) is 2. The Kier molecular flexibility index (Phi) is 6.35. The molecule has 2 aromatic carbocycles. The van der Waals surface area contributed by atoms with Crippen molar-refractivity contribution in [3.63, 3.8) is 0 Å². The van der Waals surface area contributed by atoms with E-state index >= 15 is 0 Å². The highest BCUT2D eigenvalue weighted by Crippen LogP contribution is 2.30. The molecule has 0 saturated heterocycles. The molecule has 0 fully saturated rings. The Morgan fingerprint density at radius 1 is 1.12 bits per heavy atom. The number of hydrogen-bond acceptors (Lipinski definition) is 6. The van der Waals surface area contributed by atoms with Gasteiger partial charge in [-0.15, -0.1) is 11.3 Å². The Labute approximate surface area is 194 Å². The van der Waals surface area contributed by atoms with Gasteiger partial charge in [-0.1, -0.05) is 0 Å². The molecule has 0 spiro atoms. The SMILES string of the molecule is COc1ccc(C=c2s/c(=C3\C(=O)Nc4cc(F)ccc43)n(CCN(C)C)c2=O)c(OC)c1. The summed E-state index contributed by atoms with van der Waals surface area (Å²) in [5, 5.41) is 2.71. The van der Waals surface area contributed by atoms with Crippen LogP contribution in [-0.4, -0.2) is 50.2 Å². The van der Waals surface area contributed by atoms with Crippen LogP contribution in [-0.2, 0) is 11.3 Å². The molecule has 4 rings (SSSR count). The number of ether oxygens (including phenoxy) is 2. The maximum absolute atomic E-state index is 13.7. The Hall–Kier alpha value is -3.43. The van der Waals surface area contributed by atoms with Gasteiger partial charge in [-0.25, -0.2) is 4.39 Å². The van der Waals surface area contributed by atoms with E-state index in [1.807, 2.05) is 25.1 Å². The van der Waals surface area contributed by atoms with Crippen molar-refractivity contribution in [1.29, 1.82) is 0 Å². The van der Waals surface area contributed by atoms with Crippen molar-refractivity contribution >= 4 is 34.6 Å². The molecule has 0 aliphatic carbocycles. The highest BCUT2D eigenvalue weighted by molar-refractivity contribution is 7.07. The number of nitrogens with one attached hydrogen (secondary N) is 1. The monoisotopic (exact) mass is 469 g/mol. The normalized spacial score (nSPS) is 15.1. The zero-order chi connectivity index (χ0) is 23.7. The van der Waals surface area contributed by atoms with E-state index in [0.29, 0.717) is 56.2 Å². The number of hydrogen-bond donors (Lipinski definition) is 1. The molecule has 1 aromatic heterocycles. The lowest BCUT2D eigenvalue weighted by molar-refractivity contribution is -0.110. The van der Waals surface area contributed by atoms with Crippen LogP contribution in [0.3, 0.4) is 0 Å². The first-order valence-electron chi connectivity index (χ1n) is 10.3. The molecule has 7 nitrogen and oxygen atoms in total. The molecule has 2 heterocycles. The van der Waals surface area contributed by atoms with Crippen LogP contribution in [0.15, 0.2) is 41.2 Å². The maximum Gasteiger partial charge on any atom is 0.269 e. The van der Waals surface area contributed by atoms with E-state index < -0.39 is 5.82 Å². The van der Waals surface area contributed by atoms with Crippen molar-refractivity contribution in [2.24, 2.45) is 0 Å². The summed E-state index contributed by atoms with van der Waals surface area (Å²) in [5.74, 6) is 0.410. The number of carbonyl (C=O) groups excluding carboxylic acids is 1. The van der Waals surface area contributed by atoms with Crippen molar-refractivity contribution in [3.05, 3.63) is 72.9 Å². The fraction of sp³-hybridized carbons (Fsp3) is 0.250. The second-order valence-electron chi connectivity index (χ2n) is 7.80. The predicted octanol–water partition coefficient (Wildman–Crippen LogP) is 1.61. The van der Waals surface area contributed by atoms with Gasteiger partial charge >= 0.3 is 0 Å². The van der Waals surface area contributed by atoms with E-state index in [9.17, 15) is 14.0 Å². The Bertz CT molecular complexity index is 1410. The second kappa shape index (κ2) is 9.21. The molecular formula is C24H24FN3O4S. The zero-order valence-electron chi connectivity index (χ0n) is 18.8. The molecular weight excluding hydrogens is 445 g/mol. The topological polar surface area (TPSA) is 72.8 Å².